The third kappa shape index (κ3) is 4.44. The Balaban J connectivity index is 0.00000136. The van der Waals surface area contributed by atoms with Crippen LogP contribution in [0.5, 0.6) is 0 Å². The standard InChI is InChI=1S/C20H22FN7O.2ClH/c21-15-6-5-12(23-20(29)18-14-11-22-8-7-16(14)24-26-18)10-13(15)19-27-25-17-4-2-1-3-9-28(17)19;;/h5-6,10,22H,1-4,7-9,11H2,(H,23,29)(H,24,26);2*1H. The molecular formula is C20H24Cl2FN7O. The lowest BCUT2D eigenvalue weighted by Crippen LogP contribution is -2.25. The summed E-state index contributed by atoms with van der Waals surface area (Å²) in [6.07, 6.45) is 4.88. The second kappa shape index (κ2) is 9.76. The second-order valence-electron chi connectivity index (χ2n) is 7.51. The SMILES string of the molecule is Cl.Cl.O=C(Nc1ccc(F)c(-c2nnc3n2CCCCC3)c1)c1n[nH]c2c1CNCC2. The van der Waals surface area contributed by atoms with Gasteiger partial charge in [-0.2, -0.15) is 5.10 Å². The number of carbonyl (C=O) groups is 1. The number of nitrogens with one attached hydrogen (secondary N) is 3. The molecule has 2 aliphatic rings. The van der Waals surface area contributed by atoms with Crippen molar-refractivity contribution in [3.8, 4) is 11.4 Å². The van der Waals surface area contributed by atoms with Crippen molar-refractivity contribution in [3.63, 3.8) is 0 Å². The van der Waals surface area contributed by atoms with Gasteiger partial charge in [-0.25, -0.2) is 4.39 Å². The number of amides is 1. The minimum atomic E-state index is -0.385. The minimum Gasteiger partial charge on any atom is -0.321 e. The maximum Gasteiger partial charge on any atom is 0.276 e. The number of aryl methyl sites for hydroxylation is 1. The predicted octanol–water partition coefficient (Wildman–Crippen LogP) is 3.28. The normalized spacial score (nSPS) is 15.0. The van der Waals surface area contributed by atoms with Gasteiger partial charge in [-0.05, 0) is 31.0 Å². The highest BCUT2D eigenvalue weighted by atomic mass is 35.5. The van der Waals surface area contributed by atoms with Crippen molar-refractivity contribution in [2.24, 2.45) is 0 Å². The second-order valence-corrected chi connectivity index (χ2v) is 7.51. The summed E-state index contributed by atoms with van der Waals surface area (Å²) in [6, 6.07) is 4.52. The van der Waals surface area contributed by atoms with E-state index >= 15 is 0 Å². The summed E-state index contributed by atoms with van der Waals surface area (Å²) in [5.41, 5.74) is 3.08. The van der Waals surface area contributed by atoms with E-state index in [9.17, 15) is 9.18 Å². The number of fused-ring (bicyclic) bond motifs is 2. The van der Waals surface area contributed by atoms with Gasteiger partial charge in [-0.3, -0.25) is 9.89 Å². The van der Waals surface area contributed by atoms with Crippen molar-refractivity contribution >= 4 is 36.4 Å². The van der Waals surface area contributed by atoms with Crippen LogP contribution >= 0.6 is 24.8 Å². The van der Waals surface area contributed by atoms with Crippen molar-refractivity contribution in [1.82, 2.24) is 30.3 Å². The average Bonchev–Trinajstić information content (AvgIpc) is 3.27. The monoisotopic (exact) mass is 467 g/mol. The van der Waals surface area contributed by atoms with Gasteiger partial charge < -0.3 is 15.2 Å². The molecule has 0 spiro atoms. The van der Waals surface area contributed by atoms with Gasteiger partial charge in [0.15, 0.2) is 11.5 Å². The smallest absolute Gasteiger partial charge is 0.276 e. The molecule has 0 fully saturated rings. The van der Waals surface area contributed by atoms with Crippen LogP contribution in [0.1, 0.15) is 46.8 Å². The molecule has 0 bridgehead atoms. The van der Waals surface area contributed by atoms with Crippen LogP contribution < -0.4 is 10.6 Å². The topological polar surface area (TPSA) is 101 Å². The van der Waals surface area contributed by atoms with E-state index in [0.29, 0.717) is 29.3 Å². The third-order valence-corrected chi connectivity index (χ3v) is 5.60. The van der Waals surface area contributed by atoms with Crippen molar-refractivity contribution in [2.45, 2.75) is 45.2 Å². The van der Waals surface area contributed by atoms with Crippen LogP contribution in [-0.4, -0.2) is 37.4 Å². The van der Waals surface area contributed by atoms with E-state index in [4.69, 9.17) is 0 Å². The van der Waals surface area contributed by atoms with E-state index in [1.54, 1.807) is 12.1 Å². The number of halogens is 3. The molecule has 31 heavy (non-hydrogen) atoms. The fourth-order valence-corrected chi connectivity index (χ4v) is 4.06. The van der Waals surface area contributed by atoms with Gasteiger partial charge in [0.25, 0.3) is 5.91 Å². The maximum absolute atomic E-state index is 14.6. The van der Waals surface area contributed by atoms with Crippen molar-refractivity contribution in [3.05, 3.63) is 46.8 Å². The van der Waals surface area contributed by atoms with Gasteiger partial charge >= 0.3 is 0 Å². The van der Waals surface area contributed by atoms with E-state index in [-0.39, 0.29) is 36.5 Å². The van der Waals surface area contributed by atoms with Crippen LogP contribution in [0.15, 0.2) is 18.2 Å². The predicted molar refractivity (Wildman–Crippen MR) is 119 cm³/mol. The quantitative estimate of drug-likeness (QED) is 0.548. The van der Waals surface area contributed by atoms with Gasteiger partial charge in [0.2, 0.25) is 0 Å². The number of hydrogen-bond acceptors (Lipinski definition) is 5. The summed E-state index contributed by atoms with van der Waals surface area (Å²) < 4.78 is 16.6. The Bertz CT molecular complexity index is 1080. The number of benzene rings is 1. The van der Waals surface area contributed by atoms with E-state index in [2.05, 4.69) is 31.0 Å². The van der Waals surface area contributed by atoms with Gasteiger partial charge in [-0.1, -0.05) is 6.42 Å². The molecule has 8 nitrogen and oxygen atoms in total. The number of rotatable bonds is 3. The molecule has 0 saturated carbocycles. The van der Waals surface area contributed by atoms with Crippen LogP contribution in [0.3, 0.4) is 0 Å². The molecule has 1 aromatic carbocycles. The Hall–Kier alpha value is -2.49. The highest BCUT2D eigenvalue weighted by Crippen LogP contribution is 2.28. The number of hydrogen-bond donors (Lipinski definition) is 3. The summed E-state index contributed by atoms with van der Waals surface area (Å²) in [7, 11) is 0. The summed E-state index contributed by atoms with van der Waals surface area (Å²) in [4.78, 5) is 12.8. The van der Waals surface area contributed by atoms with E-state index < -0.39 is 0 Å². The lowest BCUT2D eigenvalue weighted by Gasteiger charge is -2.13. The Morgan fingerprint density at radius 1 is 1.13 bits per heavy atom. The Labute approximate surface area is 191 Å². The van der Waals surface area contributed by atoms with Gasteiger partial charge in [0, 0.05) is 49.4 Å². The van der Waals surface area contributed by atoms with Crippen molar-refractivity contribution < 1.29 is 9.18 Å². The zero-order valence-corrected chi connectivity index (χ0v) is 18.4. The highest BCUT2D eigenvalue weighted by Gasteiger charge is 2.23. The van der Waals surface area contributed by atoms with Crippen LogP contribution in [0.4, 0.5) is 10.1 Å². The molecule has 3 N–H and O–H groups in total. The maximum atomic E-state index is 14.6. The highest BCUT2D eigenvalue weighted by molar-refractivity contribution is 6.04. The molecule has 0 unspecified atom stereocenters. The van der Waals surface area contributed by atoms with Gasteiger partial charge in [-0.15, -0.1) is 35.0 Å². The Kier molecular flexibility index (Phi) is 7.30. The summed E-state index contributed by atoms with van der Waals surface area (Å²) >= 11 is 0. The minimum absolute atomic E-state index is 0. The number of aromatic nitrogens is 5. The largest absolute Gasteiger partial charge is 0.321 e. The Morgan fingerprint density at radius 2 is 2.00 bits per heavy atom. The lowest BCUT2D eigenvalue weighted by molar-refractivity contribution is 0.102. The first-order chi connectivity index (χ1) is 14.2. The number of H-pyrrole nitrogens is 1. The third-order valence-electron chi connectivity index (χ3n) is 5.60. The molecule has 4 heterocycles. The first-order valence-corrected chi connectivity index (χ1v) is 10.0. The molecule has 3 aromatic rings. The summed E-state index contributed by atoms with van der Waals surface area (Å²) in [5.74, 6) is 0.700. The number of anilines is 1. The Morgan fingerprint density at radius 3 is 2.87 bits per heavy atom. The zero-order valence-electron chi connectivity index (χ0n) is 16.8. The summed E-state index contributed by atoms with van der Waals surface area (Å²) in [6.45, 7) is 2.25. The van der Waals surface area contributed by atoms with Crippen molar-refractivity contribution in [2.75, 3.05) is 11.9 Å². The summed E-state index contributed by atoms with van der Waals surface area (Å²) in [5, 5.41) is 21.7. The van der Waals surface area contributed by atoms with Gasteiger partial charge in [0.1, 0.15) is 11.6 Å². The molecule has 5 rings (SSSR count). The molecule has 0 aliphatic carbocycles. The van der Waals surface area contributed by atoms with E-state index in [1.165, 1.54) is 6.07 Å². The molecule has 0 radical (unpaired) electrons. The van der Waals surface area contributed by atoms with Crippen molar-refractivity contribution in [1.29, 1.82) is 0 Å². The molecule has 166 valence electrons. The van der Waals surface area contributed by atoms with Crippen LogP contribution in [0, 0.1) is 5.82 Å². The van der Waals surface area contributed by atoms with E-state index in [0.717, 1.165) is 62.3 Å². The van der Waals surface area contributed by atoms with Crippen LogP contribution in [0.25, 0.3) is 11.4 Å². The molecule has 0 atom stereocenters. The molecule has 0 saturated heterocycles. The fraction of sp³-hybridized carbons (Fsp3) is 0.400. The molecule has 11 heteroatoms. The number of nitrogens with zero attached hydrogens (tertiary/aromatic N) is 4. The average molecular weight is 468 g/mol. The lowest BCUT2D eigenvalue weighted by atomic mass is 10.1. The van der Waals surface area contributed by atoms with E-state index in [1.807, 2.05) is 4.57 Å². The molecular weight excluding hydrogens is 444 g/mol. The molecule has 2 aliphatic heterocycles. The molecule has 1 amide bonds. The first-order valence-electron chi connectivity index (χ1n) is 10.0. The van der Waals surface area contributed by atoms with Crippen LogP contribution in [-0.2, 0) is 25.9 Å². The fourth-order valence-electron chi connectivity index (χ4n) is 4.06. The molecule has 2 aromatic heterocycles. The van der Waals surface area contributed by atoms with Crippen LogP contribution in [0.2, 0.25) is 0 Å². The number of carbonyl (C=O) groups excluding carboxylic acids is 1. The number of aromatic amines is 1. The van der Waals surface area contributed by atoms with Gasteiger partial charge in [0.05, 0.1) is 5.56 Å². The first kappa shape index (κ1) is 23.2. The zero-order chi connectivity index (χ0) is 19.8.